The highest BCUT2D eigenvalue weighted by atomic mass is 32.2. The number of nitrogens with zero attached hydrogens (tertiary/aromatic N) is 1. The summed E-state index contributed by atoms with van der Waals surface area (Å²) in [6.45, 7) is 4.64. The molecule has 0 aromatic heterocycles. The van der Waals surface area contributed by atoms with E-state index in [1.54, 1.807) is 4.90 Å². The van der Waals surface area contributed by atoms with Crippen LogP contribution in [0.25, 0.3) is 0 Å². The first-order valence-corrected chi connectivity index (χ1v) is 8.93. The monoisotopic (exact) mass is 351 g/mol. The van der Waals surface area contributed by atoms with Gasteiger partial charge in [0.05, 0.1) is 18.0 Å². The molecule has 0 aliphatic rings. The average Bonchev–Trinajstić information content (AvgIpc) is 2.59. The van der Waals surface area contributed by atoms with E-state index in [2.05, 4.69) is 16.0 Å². The van der Waals surface area contributed by atoms with Crippen molar-refractivity contribution in [3.8, 4) is 12.3 Å². The van der Waals surface area contributed by atoms with Crippen LogP contribution in [0, 0.1) is 12.3 Å². The molecule has 0 bridgehead atoms. The summed E-state index contributed by atoms with van der Waals surface area (Å²) in [5.41, 5.74) is 0.262. The van der Waals surface area contributed by atoms with Crippen LogP contribution < -0.4 is 10.0 Å². The SMILES string of the molecule is C#CCNS(=O)(=O)c1ccc(C(=O)NCC(=O)N(CC)CC)cc1. The van der Waals surface area contributed by atoms with Crippen molar-refractivity contribution in [3.63, 3.8) is 0 Å². The van der Waals surface area contributed by atoms with E-state index in [4.69, 9.17) is 6.42 Å². The third kappa shape index (κ3) is 5.37. The number of likely N-dealkylation sites (N-methyl/N-ethyl adjacent to an activating group) is 1. The molecule has 24 heavy (non-hydrogen) atoms. The Morgan fingerprint density at radius 3 is 2.25 bits per heavy atom. The quantitative estimate of drug-likeness (QED) is 0.654. The molecule has 0 unspecified atom stereocenters. The van der Waals surface area contributed by atoms with Crippen molar-refractivity contribution < 1.29 is 18.0 Å². The first-order chi connectivity index (χ1) is 11.4. The lowest BCUT2D eigenvalue weighted by Gasteiger charge is -2.18. The van der Waals surface area contributed by atoms with Crippen LogP contribution in [0.4, 0.5) is 0 Å². The summed E-state index contributed by atoms with van der Waals surface area (Å²) in [5, 5.41) is 2.52. The Balaban J connectivity index is 2.71. The predicted molar refractivity (Wildman–Crippen MR) is 90.7 cm³/mol. The minimum Gasteiger partial charge on any atom is -0.343 e. The number of hydrogen-bond donors (Lipinski definition) is 2. The molecule has 2 amide bonds. The molecule has 0 fully saturated rings. The molecule has 130 valence electrons. The smallest absolute Gasteiger partial charge is 0.251 e. The van der Waals surface area contributed by atoms with Crippen LogP contribution in [-0.4, -0.2) is 51.3 Å². The molecule has 0 atom stereocenters. The van der Waals surface area contributed by atoms with Gasteiger partial charge in [-0.05, 0) is 38.1 Å². The fraction of sp³-hybridized carbons (Fsp3) is 0.375. The van der Waals surface area contributed by atoms with E-state index in [1.807, 2.05) is 13.8 Å². The maximum absolute atomic E-state index is 12.0. The van der Waals surface area contributed by atoms with Gasteiger partial charge in [-0.1, -0.05) is 5.92 Å². The molecule has 7 nitrogen and oxygen atoms in total. The number of benzene rings is 1. The first kappa shape index (κ1) is 19.7. The third-order valence-corrected chi connectivity index (χ3v) is 4.72. The Morgan fingerprint density at radius 2 is 1.75 bits per heavy atom. The largest absolute Gasteiger partial charge is 0.343 e. The van der Waals surface area contributed by atoms with Gasteiger partial charge in [0.1, 0.15) is 0 Å². The fourth-order valence-corrected chi connectivity index (χ4v) is 2.89. The molecule has 0 aliphatic heterocycles. The minimum atomic E-state index is -3.69. The van der Waals surface area contributed by atoms with Gasteiger partial charge in [0, 0.05) is 18.7 Å². The second-order valence-corrected chi connectivity index (χ2v) is 6.57. The molecule has 1 rings (SSSR count). The zero-order valence-electron chi connectivity index (χ0n) is 13.7. The molecule has 0 heterocycles. The highest BCUT2D eigenvalue weighted by Gasteiger charge is 2.15. The molecule has 1 aromatic carbocycles. The van der Waals surface area contributed by atoms with E-state index in [1.165, 1.54) is 24.3 Å². The molecule has 0 saturated heterocycles. The summed E-state index contributed by atoms with van der Waals surface area (Å²) in [6.07, 6.45) is 5.02. The van der Waals surface area contributed by atoms with Crippen molar-refractivity contribution in [2.75, 3.05) is 26.2 Å². The molecule has 0 spiro atoms. The maximum Gasteiger partial charge on any atom is 0.251 e. The van der Waals surface area contributed by atoms with E-state index in [0.717, 1.165) is 0 Å². The van der Waals surface area contributed by atoms with Gasteiger partial charge < -0.3 is 10.2 Å². The van der Waals surface area contributed by atoms with Crippen molar-refractivity contribution in [2.24, 2.45) is 0 Å². The zero-order valence-corrected chi connectivity index (χ0v) is 14.5. The van der Waals surface area contributed by atoms with Crippen molar-refractivity contribution in [1.82, 2.24) is 14.9 Å². The van der Waals surface area contributed by atoms with E-state index < -0.39 is 15.9 Å². The van der Waals surface area contributed by atoms with Crippen LogP contribution in [0.2, 0.25) is 0 Å². The van der Waals surface area contributed by atoms with E-state index in [-0.39, 0.29) is 29.5 Å². The molecular formula is C16H21N3O4S. The number of hydrogen-bond acceptors (Lipinski definition) is 4. The zero-order chi connectivity index (χ0) is 18.2. The van der Waals surface area contributed by atoms with Gasteiger partial charge in [-0.3, -0.25) is 9.59 Å². The number of nitrogens with one attached hydrogen (secondary N) is 2. The number of rotatable bonds is 8. The van der Waals surface area contributed by atoms with E-state index >= 15 is 0 Å². The molecule has 0 aliphatic carbocycles. The highest BCUT2D eigenvalue weighted by Crippen LogP contribution is 2.10. The van der Waals surface area contributed by atoms with Crippen molar-refractivity contribution in [3.05, 3.63) is 29.8 Å². The average molecular weight is 351 g/mol. The Bertz CT molecular complexity index is 717. The van der Waals surface area contributed by atoms with Crippen LogP contribution in [0.5, 0.6) is 0 Å². The summed E-state index contributed by atoms with van der Waals surface area (Å²) in [6, 6.07) is 5.36. The molecular weight excluding hydrogens is 330 g/mol. The van der Waals surface area contributed by atoms with Crippen LogP contribution in [0.15, 0.2) is 29.2 Å². The third-order valence-electron chi connectivity index (χ3n) is 3.31. The summed E-state index contributed by atoms with van der Waals surface area (Å²) in [7, 11) is -3.69. The Morgan fingerprint density at radius 1 is 1.17 bits per heavy atom. The Kier molecular flexibility index (Phi) is 7.42. The lowest BCUT2D eigenvalue weighted by atomic mass is 10.2. The highest BCUT2D eigenvalue weighted by molar-refractivity contribution is 7.89. The topological polar surface area (TPSA) is 95.6 Å². The molecule has 1 aromatic rings. The number of terminal acetylenes is 1. The van der Waals surface area contributed by atoms with Crippen LogP contribution in [0.3, 0.4) is 0 Å². The van der Waals surface area contributed by atoms with Crippen LogP contribution >= 0.6 is 0 Å². The lowest BCUT2D eigenvalue weighted by molar-refractivity contribution is -0.129. The van der Waals surface area contributed by atoms with Gasteiger partial charge in [-0.2, -0.15) is 4.72 Å². The molecule has 2 N–H and O–H groups in total. The van der Waals surface area contributed by atoms with Crippen molar-refractivity contribution in [1.29, 1.82) is 0 Å². The van der Waals surface area contributed by atoms with Crippen molar-refractivity contribution >= 4 is 21.8 Å². The second-order valence-electron chi connectivity index (χ2n) is 4.80. The second kappa shape index (κ2) is 9.05. The van der Waals surface area contributed by atoms with E-state index in [9.17, 15) is 18.0 Å². The summed E-state index contributed by atoms with van der Waals surface area (Å²) < 4.78 is 26.0. The van der Waals surface area contributed by atoms with Crippen LogP contribution in [-0.2, 0) is 14.8 Å². The van der Waals surface area contributed by atoms with Gasteiger partial charge in [0.25, 0.3) is 5.91 Å². The number of carbonyl (C=O) groups excluding carboxylic acids is 2. The first-order valence-electron chi connectivity index (χ1n) is 7.44. The number of amides is 2. The van der Waals surface area contributed by atoms with Gasteiger partial charge in [0.15, 0.2) is 0 Å². The lowest BCUT2D eigenvalue weighted by Crippen LogP contribution is -2.40. The van der Waals surface area contributed by atoms with Gasteiger partial charge in [0.2, 0.25) is 15.9 Å². The normalized spacial score (nSPS) is 10.7. The number of carbonyl (C=O) groups is 2. The Hall–Kier alpha value is -2.37. The number of sulfonamides is 1. The molecule has 0 radical (unpaired) electrons. The summed E-state index contributed by atoms with van der Waals surface area (Å²) >= 11 is 0. The van der Waals surface area contributed by atoms with Gasteiger partial charge >= 0.3 is 0 Å². The maximum atomic E-state index is 12.0. The molecule has 8 heteroatoms. The standard InChI is InChI=1S/C16H21N3O4S/c1-4-11-18-24(22,23)14-9-7-13(8-10-14)16(21)17-12-15(20)19(5-2)6-3/h1,7-10,18H,5-6,11-12H2,2-3H3,(H,17,21). The van der Waals surface area contributed by atoms with E-state index in [0.29, 0.717) is 13.1 Å². The summed E-state index contributed by atoms with van der Waals surface area (Å²) in [4.78, 5) is 25.5. The van der Waals surface area contributed by atoms with Gasteiger partial charge in [-0.15, -0.1) is 6.42 Å². The van der Waals surface area contributed by atoms with Crippen LogP contribution in [0.1, 0.15) is 24.2 Å². The van der Waals surface area contributed by atoms with Gasteiger partial charge in [-0.25, -0.2) is 8.42 Å². The Labute approximate surface area is 142 Å². The molecule has 0 saturated carbocycles. The predicted octanol–water partition coefficient (Wildman–Crippen LogP) is 0.196. The van der Waals surface area contributed by atoms with Crippen molar-refractivity contribution in [2.45, 2.75) is 18.7 Å². The fourth-order valence-electron chi connectivity index (χ4n) is 1.95. The summed E-state index contributed by atoms with van der Waals surface area (Å²) in [5.74, 6) is 1.56. The minimum absolute atomic E-state index is 0.00789.